The standard InChI is InChI=1S/C12H14O4/c1-3-9-5-6-10(4-2)16-12(14)8-7-11(13)15-9/h3-4,7-10H,1-2,5-6H2/b8-7-. The summed E-state index contributed by atoms with van der Waals surface area (Å²) in [7, 11) is 0. The average molecular weight is 222 g/mol. The van der Waals surface area contributed by atoms with Gasteiger partial charge in [0, 0.05) is 12.2 Å². The first-order chi connectivity index (χ1) is 7.65. The predicted octanol–water partition coefficient (Wildman–Crippen LogP) is 1.53. The number of esters is 2. The van der Waals surface area contributed by atoms with E-state index >= 15 is 0 Å². The van der Waals surface area contributed by atoms with Crippen molar-refractivity contribution in [1.82, 2.24) is 0 Å². The Morgan fingerprint density at radius 2 is 1.38 bits per heavy atom. The molecule has 0 bridgehead atoms. The molecular formula is C12H14O4. The zero-order valence-electron chi connectivity index (χ0n) is 8.93. The van der Waals surface area contributed by atoms with Crippen molar-refractivity contribution in [2.45, 2.75) is 25.0 Å². The molecule has 2 unspecified atom stereocenters. The molecule has 1 heterocycles. The van der Waals surface area contributed by atoms with E-state index < -0.39 is 11.9 Å². The molecule has 1 aliphatic rings. The molecule has 4 nitrogen and oxygen atoms in total. The fourth-order valence-corrected chi connectivity index (χ4v) is 1.29. The van der Waals surface area contributed by atoms with Crippen LogP contribution in [0.4, 0.5) is 0 Å². The highest BCUT2D eigenvalue weighted by molar-refractivity contribution is 5.91. The van der Waals surface area contributed by atoms with Gasteiger partial charge in [-0.15, -0.1) is 0 Å². The summed E-state index contributed by atoms with van der Waals surface area (Å²) >= 11 is 0. The molecule has 0 spiro atoms. The molecule has 4 heteroatoms. The molecule has 0 aromatic rings. The number of cyclic esters (lactones) is 2. The molecule has 0 aliphatic carbocycles. The van der Waals surface area contributed by atoms with Crippen molar-refractivity contribution in [3.05, 3.63) is 37.5 Å². The minimum absolute atomic E-state index is 0.364. The molecule has 0 saturated carbocycles. The van der Waals surface area contributed by atoms with E-state index in [1.165, 1.54) is 0 Å². The Balaban J connectivity index is 2.77. The maximum Gasteiger partial charge on any atom is 0.331 e. The van der Waals surface area contributed by atoms with E-state index in [9.17, 15) is 9.59 Å². The van der Waals surface area contributed by atoms with Crippen LogP contribution in [-0.4, -0.2) is 24.1 Å². The summed E-state index contributed by atoms with van der Waals surface area (Å²) in [6.45, 7) is 7.15. The maximum absolute atomic E-state index is 11.2. The lowest BCUT2D eigenvalue weighted by atomic mass is 10.1. The number of hydrogen-bond acceptors (Lipinski definition) is 4. The summed E-state index contributed by atoms with van der Waals surface area (Å²) in [4.78, 5) is 22.4. The zero-order chi connectivity index (χ0) is 12.0. The van der Waals surface area contributed by atoms with Crippen LogP contribution in [-0.2, 0) is 19.1 Å². The van der Waals surface area contributed by atoms with Crippen LogP contribution in [0.1, 0.15) is 12.8 Å². The fraction of sp³-hybridized carbons (Fsp3) is 0.333. The van der Waals surface area contributed by atoms with Crippen molar-refractivity contribution in [1.29, 1.82) is 0 Å². The Labute approximate surface area is 94.2 Å². The van der Waals surface area contributed by atoms with E-state index in [2.05, 4.69) is 13.2 Å². The highest BCUT2D eigenvalue weighted by Gasteiger charge is 2.16. The van der Waals surface area contributed by atoms with Crippen molar-refractivity contribution in [3.8, 4) is 0 Å². The van der Waals surface area contributed by atoms with Crippen LogP contribution >= 0.6 is 0 Å². The lowest BCUT2D eigenvalue weighted by molar-refractivity contribution is -0.146. The molecule has 0 radical (unpaired) electrons. The van der Waals surface area contributed by atoms with Crippen LogP contribution in [0.25, 0.3) is 0 Å². The van der Waals surface area contributed by atoms with Gasteiger partial charge in [-0.05, 0) is 12.8 Å². The normalized spacial score (nSPS) is 28.5. The minimum Gasteiger partial charge on any atom is -0.455 e. The maximum atomic E-state index is 11.2. The van der Waals surface area contributed by atoms with Crippen LogP contribution in [0.2, 0.25) is 0 Å². The molecule has 0 amide bonds. The summed E-state index contributed by atoms with van der Waals surface area (Å²) in [5.74, 6) is -1.14. The molecule has 86 valence electrons. The molecule has 0 N–H and O–H groups in total. The van der Waals surface area contributed by atoms with Crippen LogP contribution < -0.4 is 0 Å². The Morgan fingerprint density at radius 3 is 1.69 bits per heavy atom. The summed E-state index contributed by atoms with van der Waals surface area (Å²) in [6.07, 6.45) is 5.56. The molecule has 1 aliphatic heterocycles. The monoisotopic (exact) mass is 222 g/mol. The number of ether oxygens (including phenoxy) is 2. The summed E-state index contributed by atoms with van der Waals surface area (Å²) in [5.41, 5.74) is 0. The second-order valence-electron chi connectivity index (χ2n) is 3.33. The summed E-state index contributed by atoms with van der Waals surface area (Å²) in [6, 6.07) is 0. The molecule has 2 atom stereocenters. The Morgan fingerprint density at radius 1 is 1.00 bits per heavy atom. The minimum atomic E-state index is -0.570. The number of rotatable bonds is 2. The van der Waals surface area contributed by atoms with Gasteiger partial charge in [0.2, 0.25) is 0 Å². The molecule has 0 fully saturated rings. The van der Waals surface area contributed by atoms with Crippen LogP contribution in [0.15, 0.2) is 37.5 Å². The quantitative estimate of drug-likeness (QED) is 0.525. The predicted molar refractivity (Wildman–Crippen MR) is 58.5 cm³/mol. The van der Waals surface area contributed by atoms with Gasteiger partial charge < -0.3 is 9.47 Å². The van der Waals surface area contributed by atoms with Crippen molar-refractivity contribution in [3.63, 3.8) is 0 Å². The third-order valence-electron chi connectivity index (χ3n) is 2.15. The van der Waals surface area contributed by atoms with Crippen molar-refractivity contribution in [2.75, 3.05) is 0 Å². The van der Waals surface area contributed by atoms with Crippen molar-refractivity contribution in [2.24, 2.45) is 0 Å². The van der Waals surface area contributed by atoms with Gasteiger partial charge in [-0.1, -0.05) is 25.3 Å². The second kappa shape index (κ2) is 5.90. The molecule has 0 aromatic carbocycles. The highest BCUT2D eigenvalue weighted by Crippen LogP contribution is 2.12. The van der Waals surface area contributed by atoms with Crippen LogP contribution in [0.5, 0.6) is 0 Å². The van der Waals surface area contributed by atoms with Crippen molar-refractivity contribution >= 4 is 11.9 Å². The van der Waals surface area contributed by atoms with Gasteiger partial charge in [-0.3, -0.25) is 0 Å². The summed E-state index contributed by atoms with van der Waals surface area (Å²) in [5, 5.41) is 0. The summed E-state index contributed by atoms with van der Waals surface area (Å²) < 4.78 is 10.1. The first-order valence-electron chi connectivity index (χ1n) is 5.00. The number of carbonyl (C=O) groups excluding carboxylic acids is 2. The highest BCUT2D eigenvalue weighted by atomic mass is 16.6. The first-order valence-corrected chi connectivity index (χ1v) is 5.00. The molecule has 16 heavy (non-hydrogen) atoms. The fourth-order valence-electron chi connectivity index (χ4n) is 1.29. The van der Waals surface area contributed by atoms with Gasteiger partial charge >= 0.3 is 11.9 Å². The largest absolute Gasteiger partial charge is 0.455 e. The Hall–Kier alpha value is -1.84. The average Bonchev–Trinajstić information content (AvgIpc) is 2.29. The van der Waals surface area contributed by atoms with E-state index in [1.54, 1.807) is 12.2 Å². The van der Waals surface area contributed by atoms with Crippen molar-refractivity contribution < 1.29 is 19.1 Å². The lowest BCUT2D eigenvalue weighted by Crippen LogP contribution is -2.21. The first kappa shape index (κ1) is 12.2. The Bertz CT molecular complexity index is 298. The van der Waals surface area contributed by atoms with Crippen LogP contribution in [0.3, 0.4) is 0 Å². The van der Waals surface area contributed by atoms with Gasteiger partial charge in [0.05, 0.1) is 0 Å². The van der Waals surface area contributed by atoms with Gasteiger partial charge in [-0.2, -0.15) is 0 Å². The third-order valence-corrected chi connectivity index (χ3v) is 2.15. The van der Waals surface area contributed by atoms with Gasteiger partial charge in [0.25, 0.3) is 0 Å². The lowest BCUT2D eigenvalue weighted by Gasteiger charge is -2.18. The Kier molecular flexibility index (Phi) is 4.51. The third kappa shape index (κ3) is 3.73. The van der Waals surface area contributed by atoms with E-state index in [0.717, 1.165) is 12.2 Å². The van der Waals surface area contributed by atoms with E-state index in [1.807, 2.05) is 0 Å². The van der Waals surface area contributed by atoms with Gasteiger partial charge in [0.15, 0.2) is 0 Å². The zero-order valence-corrected chi connectivity index (χ0v) is 8.93. The topological polar surface area (TPSA) is 52.6 Å². The van der Waals surface area contributed by atoms with E-state index in [0.29, 0.717) is 12.8 Å². The van der Waals surface area contributed by atoms with E-state index in [4.69, 9.17) is 9.47 Å². The number of hydrogen-bond donors (Lipinski definition) is 0. The van der Waals surface area contributed by atoms with Gasteiger partial charge in [0.1, 0.15) is 12.2 Å². The van der Waals surface area contributed by atoms with Gasteiger partial charge in [-0.25, -0.2) is 9.59 Å². The van der Waals surface area contributed by atoms with Crippen LogP contribution in [0, 0.1) is 0 Å². The second-order valence-corrected chi connectivity index (χ2v) is 3.33. The smallest absolute Gasteiger partial charge is 0.331 e. The molecule has 1 rings (SSSR count). The van der Waals surface area contributed by atoms with E-state index in [-0.39, 0.29) is 12.2 Å². The molecule has 0 aromatic heterocycles. The number of carbonyl (C=O) groups is 2. The molecule has 0 saturated heterocycles. The molecular weight excluding hydrogens is 208 g/mol. The SMILES string of the molecule is C=CC1CCC(C=C)OC(=O)/C=C\C(=O)O1.